The van der Waals surface area contributed by atoms with Gasteiger partial charge in [-0.3, -0.25) is 4.79 Å². The fourth-order valence-electron chi connectivity index (χ4n) is 1.23. The van der Waals surface area contributed by atoms with E-state index >= 15 is 0 Å². The van der Waals surface area contributed by atoms with Gasteiger partial charge >= 0.3 is 0 Å². The molecule has 66 valence electrons. The van der Waals surface area contributed by atoms with Crippen LogP contribution >= 0.6 is 0 Å². The van der Waals surface area contributed by atoms with E-state index in [4.69, 9.17) is 11.2 Å². The summed E-state index contributed by atoms with van der Waals surface area (Å²) in [4.78, 5) is 13.0. The summed E-state index contributed by atoms with van der Waals surface area (Å²) in [7, 11) is 1.70. The molecule has 1 saturated heterocycles. The molecule has 1 atom stereocenters. The van der Waals surface area contributed by atoms with Crippen LogP contribution in [0.3, 0.4) is 0 Å². The van der Waals surface area contributed by atoms with E-state index in [1.165, 1.54) is 4.90 Å². The van der Waals surface area contributed by atoms with Crippen molar-refractivity contribution in [2.45, 2.75) is 18.9 Å². The van der Waals surface area contributed by atoms with Crippen molar-refractivity contribution in [3.05, 3.63) is 0 Å². The first-order valence-electron chi connectivity index (χ1n) is 4.05. The van der Waals surface area contributed by atoms with Crippen molar-refractivity contribution in [2.24, 2.45) is 0 Å². The van der Waals surface area contributed by atoms with E-state index in [1.807, 2.05) is 0 Å². The minimum Gasteiger partial charge on any atom is -0.368 e. The highest BCUT2D eigenvalue weighted by molar-refractivity contribution is 5.81. The molecular formula is C9H13NO2. The van der Waals surface area contributed by atoms with Crippen molar-refractivity contribution in [3.63, 3.8) is 0 Å². The van der Waals surface area contributed by atoms with E-state index < -0.39 is 0 Å². The number of nitrogens with zero attached hydrogens (tertiary/aromatic N) is 1. The molecule has 1 unspecified atom stereocenters. The Bertz CT molecular complexity index is 201. The molecule has 3 nitrogen and oxygen atoms in total. The second kappa shape index (κ2) is 4.13. The van der Waals surface area contributed by atoms with Gasteiger partial charge in [0.25, 0.3) is 5.91 Å². The molecule has 0 saturated carbocycles. The molecule has 0 spiro atoms. The largest absolute Gasteiger partial charge is 0.368 e. The third-order valence-corrected chi connectivity index (χ3v) is 1.91. The number of rotatable bonds is 2. The third kappa shape index (κ3) is 1.99. The lowest BCUT2D eigenvalue weighted by Crippen LogP contribution is -2.36. The Balaban J connectivity index is 2.41. The summed E-state index contributed by atoms with van der Waals surface area (Å²) in [6, 6.07) is 0. The Hall–Kier alpha value is -1.01. The Morgan fingerprint density at radius 3 is 3.08 bits per heavy atom. The second-order valence-electron chi connectivity index (χ2n) is 2.90. The van der Waals surface area contributed by atoms with Crippen LogP contribution in [0.5, 0.6) is 0 Å². The van der Waals surface area contributed by atoms with Gasteiger partial charge in [0, 0.05) is 13.7 Å². The monoisotopic (exact) mass is 167 g/mol. The van der Waals surface area contributed by atoms with Crippen LogP contribution < -0.4 is 0 Å². The van der Waals surface area contributed by atoms with Gasteiger partial charge in [-0.15, -0.1) is 6.42 Å². The number of carbonyl (C=O) groups excluding carboxylic acids is 1. The van der Waals surface area contributed by atoms with E-state index in [2.05, 4.69) is 5.92 Å². The summed E-state index contributed by atoms with van der Waals surface area (Å²) < 4.78 is 5.22. The lowest BCUT2D eigenvalue weighted by molar-refractivity contribution is -0.138. The van der Waals surface area contributed by atoms with E-state index in [1.54, 1.807) is 7.05 Å². The maximum absolute atomic E-state index is 11.4. The molecule has 0 aliphatic carbocycles. The minimum atomic E-state index is -0.247. The maximum atomic E-state index is 11.4. The van der Waals surface area contributed by atoms with Crippen LogP contribution in [0.4, 0.5) is 0 Å². The molecular weight excluding hydrogens is 154 g/mol. The number of carbonyl (C=O) groups is 1. The average Bonchev–Trinajstić information content (AvgIpc) is 2.55. The van der Waals surface area contributed by atoms with Crippen molar-refractivity contribution in [3.8, 4) is 12.3 Å². The normalized spacial score (nSPS) is 21.8. The van der Waals surface area contributed by atoms with Gasteiger partial charge in [0.1, 0.15) is 6.10 Å². The summed E-state index contributed by atoms with van der Waals surface area (Å²) in [5.74, 6) is 2.43. The van der Waals surface area contributed by atoms with Gasteiger partial charge in [-0.2, -0.15) is 0 Å². The molecule has 0 aromatic heterocycles. The SMILES string of the molecule is C#CCN(C)C(=O)C1CCCO1. The molecule has 3 heteroatoms. The van der Waals surface area contributed by atoms with Crippen molar-refractivity contribution in [1.82, 2.24) is 4.90 Å². The van der Waals surface area contributed by atoms with Crippen molar-refractivity contribution >= 4 is 5.91 Å². The Labute approximate surface area is 72.7 Å². The Kier molecular flexibility index (Phi) is 3.12. The molecule has 1 amide bonds. The molecule has 0 bridgehead atoms. The summed E-state index contributed by atoms with van der Waals surface area (Å²) in [6.07, 6.45) is 6.63. The zero-order chi connectivity index (χ0) is 8.97. The zero-order valence-corrected chi connectivity index (χ0v) is 7.25. The van der Waals surface area contributed by atoms with Crippen LogP contribution in [-0.2, 0) is 9.53 Å². The highest BCUT2D eigenvalue weighted by Crippen LogP contribution is 2.13. The first kappa shape index (κ1) is 9.08. The van der Waals surface area contributed by atoms with Gasteiger partial charge in [-0.25, -0.2) is 0 Å². The van der Waals surface area contributed by atoms with Crippen molar-refractivity contribution in [1.29, 1.82) is 0 Å². The standard InChI is InChI=1S/C9H13NO2/c1-3-6-10(2)9(11)8-5-4-7-12-8/h1,8H,4-7H2,2H3. The third-order valence-electron chi connectivity index (χ3n) is 1.91. The van der Waals surface area contributed by atoms with Crippen molar-refractivity contribution in [2.75, 3.05) is 20.2 Å². The molecule has 0 radical (unpaired) electrons. The fraction of sp³-hybridized carbons (Fsp3) is 0.667. The molecule has 1 aliphatic heterocycles. The first-order valence-corrected chi connectivity index (χ1v) is 4.05. The number of ether oxygens (including phenoxy) is 1. The molecule has 1 heterocycles. The molecule has 0 N–H and O–H groups in total. The van der Waals surface area contributed by atoms with Gasteiger partial charge in [0.15, 0.2) is 0 Å². The van der Waals surface area contributed by atoms with Crippen LogP contribution in [0, 0.1) is 12.3 Å². The fourth-order valence-corrected chi connectivity index (χ4v) is 1.23. The average molecular weight is 167 g/mol. The van der Waals surface area contributed by atoms with Crippen LogP contribution in [0.15, 0.2) is 0 Å². The predicted octanol–water partition coefficient (Wildman–Crippen LogP) is 0.257. The molecule has 1 aliphatic rings. The number of hydrogen-bond acceptors (Lipinski definition) is 2. The maximum Gasteiger partial charge on any atom is 0.252 e. The highest BCUT2D eigenvalue weighted by Gasteiger charge is 2.25. The Morgan fingerprint density at radius 1 is 1.83 bits per heavy atom. The van der Waals surface area contributed by atoms with Gasteiger partial charge < -0.3 is 9.64 Å². The summed E-state index contributed by atoms with van der Waals surface area (Å²) >= 11 is 0. The van der Waals surface area contributed by atoms with Gasteiger partial charge in [-0.05, 0) is 12.8 Å². The van der Waals surface area contributed by atoms with E-state index in [9.17, 15) is 4.79 Å². The Morgan fingerprint density at radius 2 is 2.58 bits per heavy atom. The number of likely N-dealkylation sites (N-methyl/N-ethyl adjacent to an activating group) is 1. The second-order valence-corrected chi connectivity index (χ2v) is 2.90. The summed E-state index contributed by atoms with van der Waals surface area (Å²) in [5, 5.41) is 0. The van der Waals surface area contributed by atoms with Gasteiger partial charge in [0.05, 0.1) is 6.54 Å². The van der Waals surface area contributed by atoms with E-state index in [-0.39, 0.29) is 12.0 Å². The van der Waals surface area contributed by atoms with Gasteiger partial charge in [-0.1, -0.05) is 5.92 Å². The number of terminal acetylenes is 1. The predicted molar refractivity (Wildman–Crippen MR) is 45.4 cm³/mol. The topological polar surface area (TPSA) is 29.5 Å². The zero-order valence-electron chi connectivity index (χ0n) is 7.25. The minimum absolute atomic E-state index is 0.00505. The summed E-state index contributed by atoms with van der Waals surface area (Å²) in [6.45, 7) is 1.05. The molecule has 12 heavy (non-hydrogen) atoms. The number of hydrogen-bond donors (Lipinski definition) is 0. The van der Waals surface area contributed by atoms with E-state index in [0.717, 1.165) is 12.8 Å². The molecule has 1 fully saturated rings. The van der Waals surface area contributed by atoms with Crippen LogP contribution in [0.25, 0.3) is 0 Å². The number of amides is 1. The van der Waals surface area contributed by atoms with Crippen molar-refractivity contribution < 1.29 is 9.53 Å². The highest BCUT2D eigenvalue weighted by atomic mass is 16.5. The first-order chi connectivity index (χ1) is 5.75. The van der Waals surface area contributed by atoms with Crippen LogP contribution in [-0.4, -0.2) is 37.1 Å². The van der Waals surface area contributed by atoms with E-state index in [0.29, 0.717) is 13.2 Å². The van der Waals surface area contributed by atoms with Crippen LogP contribution in [0.2, 0.25) is 0 Å². The lowest BCUT2D eigenvalue weighted by atomic mass is 10.2. The lowest BCUT2D eigenvalue weighted by Gasteiger charge is -2.17. The molecule has 0 aromatic rings. The smallest absolute Gasteiger partial charge is 0.252 e. The van der Waals surface area contributed by atoms with Crippen LogP contribution in [0.1, 0.15) is 12.8 Å². The molecule has 1 rings (SSSR count). The van der Waals surface area contributed by atoms with Gasteiger partial charge in [0.2, 0.25) is 0 Å². The summed E-state index contributed by atoms with van der Waals surface area (Å²) in [5.41, 5.74) is 0. The molecule has 0 aromatic carbocycles. The quantitative estimate of drug-likeness (QED) is 0.552.